The van der Waals surface area contributed by atoms with Gasteiger partial charge in [-0.25, -0.2) is 0 Å². The number of fused-ring (bicyclic) bond motifs is 1. The van der Waals surface area contributed by atoms with E-state index in [4.69, 9.17) is 4.74 Å². The lowest BCUT2D eigenvalue weighted by Gasteiger charge is -2.45. The Labute approximate surface area is 156 Å². The molecule has 0 bridgehead atoms. The Bertz CT molecular complexity index is 809. The molecule has 1 aromatic heterocycles. The summed E-state index contributed by atoms with van der Waals surface area (Å²) in [7, 11) is 1.66. The molecule has 2 aromatic rings. The molecule has 1 aliphatic rings. The predicted octanol–water partition coefficient (Wildman–Crippen LogP) is 5.10. The zero-order valence-corrected chi connectivity index (χ0v) is 17.1. The van der Waals surface area contributed by atoms with Gasteiger partial charge in [0.05, 0.1) is 7.11 Å². The van der Waals surface area contributed by atoms with E-state index in [1.54, 1.807) is 7.11 Å². The van der Waals surface area contributed by atoms with Gasteiger partial charge in [-0.15, -0.1) is 0 Å². The topological polar surface area (TPSA) is 45.3 Å². The van der Waals surface area contributed by atoms with Crippen LogP contribution in [-0.2, 0) is 0 Å². The third-order valence-corrected chi connectivity index (χ3v) is 6.17. The molecule has 1 aromatic carbocycles. The molecule has 142 valence electrons. The fourth-order valence-corrected chi connectivity index (χ4v) is 5.02. The van der Waals surface area contributed by atoms with E-state index >= 15 is 0 Å². The normalized spacial score (nSPS) is 18.9. The minimum Gasteiger partial charge on any atom is -0.496 e. The van der Waals surface area contributed by atoms with Crippen LogP contribution < -0.4 is 4.74 Å². The van der Waals surface area contributed by atoms with E-state index in [1.165, 1.54) is 0 Å². The molecule has 1 N–H and O–H groups in total. The van der Waals surface area contributed by atoms with Crippen molar-refractivity contribution in [3.8, 4) is 5.75 Å². The van der Waals surface area contributed by atoms with E-state index in [1.807, 2.05) is 24.3 Å². The van der Waals surface area contributed by atoms with Crippen molar-refractivity contribution in [2.45, 2.75) is 53.5 Å². The fourth-order valence-electron chi connectivity index (χ4n) is 5.02. The predicted molar refractivity (Wildman–Crippen MR) is 107 cm³/mol. The smallest absolute Gasteiger partial charge is 0.270 e. The van der Waals surface area contributed by atoms with Gasteiger partial charge in [0.15, 0.2) is 0 Å². The van der Waals surface area contributed by atoms with Crippen LogP contribution in [0.5, 0.6) is 5.75 Å². The van der Waals surface area contributed by atoms with Crippen molar-refractivity contribution in [2.75, 3.05) is 13.7 Å². The molecule has 0 atom stereocenters. The molecule has 4 heteroatoms. The Hall–Kier alpha value is -1.97. The van der Waals surface area contributed by atoms with E-state index in [-0.39, 0.29) is 16.9 Å². The number of H-pyrrole nitrogens is 1. The molecular weight excluding hydrogens is 324 g/mol. The van der Waals surface area contributed by atoms with Gasteiger partial charge >= 0.3 is 0 Å². The summed E-state index contributed by atoms with van der Waals surface area (Å²) in [5.74, 6) is 1.68. The standard InChI is InChI=1S/C22H32N2O2/c1-14(2)22(15(3)4)12-21(5,6)13-24(22)20(25)18-11-16-17(23-18)9-8-10-19(16)26-7/h8-11,14-15,23H,12-13H2,1-7H3. The van der Waals surface area contributed by atoms with Crippen LogP contribution in [0.25, 0.3) is 10.9 Å². The summed E-state index contributed by atoms with van der Waals surface area (Å²) in [5.41, 5.74) is 1.58. The second-order valence-corrected chi connectivity index (χ2v) is 9.14. The molecule has 3 rings (SSSR count). The van der Waals surface area contributed by atoms with Gasteiger partial charge < -0.3 is 14.6 Å². The van der Waals surface area contributed by atoms with Gasteiger partial charge in [-0.1, -0.05) is 47.6 Å². The maximum atomic E-state index is 13.6. The minimum absolute atomic E-state index is 0.0937. The van der Waals surface area contributed by atoms with E-state index in [0.29, 0.717) is 17.5 Å². The van der Waals surface area contributed by atoms with Crippen molar-refractivity contribution >= 4 is 16.8 Å². The van der Waals surface area contributed by atoms with Gasteiger partial charge in [0, 0.05) is 23.0 Å². The quantitative estimate of drug-likeness (QED) is 0.828. The molecule has 4 nitrogen and oxygen atoms in total. The van der Waals surface area contributed by atoms with Crippen LogP contribution >= 0.6 is 0 Å². The first-order chi connectivity index (χ1) is 12.1. The van der Waals surface area contributed by atoms with Crippen LogP contribution in [0, 0.1) is 17.3 Å². The fraction of sp³-hybridized carbons (Fsp3) is 0.591. The zero-order chi connectivity index (χ0) is 19.3. The Morgan fingerprint density at radius 2 is 1.85 bits per heavy atom. The minimum atomic E-state index is -0.123. The number of carbonyl (C=O) groups is 1. The Morgan fingerprint density at radius 3 is 2.42 bits per heavy atom. The van der Waals surface area contributed by atoms with Crippen molar-refractivity contribution in [1.82, 2.24) is 9.88 Å². The number of aromatic amines is 1. The first kappa shape index (κ1) is 18.8. The lowest BCUT2D eigenvalue weighted by molar-refractivity contribution is 0.0291. The second kappa shape index (κ2) is 6.33. The van der Waals surface area contributed by atoms with Crippen molar-refractivity contribution < 1.29 is 9.53 Å². The third-order valence-electron chi connectivity index (χ3n) is 6.17. The highest BCUT2D eigenvalue weighted by atomic mass is 16.5. The summed E-state index contributed by atoms with van der Waals surface area (Å²) in [6.07, 6.45) is 1.03. The molecule has 26 heavy (non-hydrogen) atoms. The van der Waals surface area contributed by atoms with Crippen molar-refractivity contribution in [1.29, 1.82) is 0 Å². The summed E-state index contributed by atoms with van der Waals surface area (Å²) in [5, 5.41) is 0.955. The zero-order valence-electron chi connectivity index (χ0n) is 17.1. The molecule has 1 amide bonds. The highest BCUT2D eigenvalue weighted by molar-refractivity contribution is 6.00. The summed E-state index contributed by atoms with van der Waals surface area (Å²) >= 11 is 0. The maximum Gasteiger partial charge on any atom is 0.270 e. The summed E-state index contributed by atoms with van der Waals surface area (Å²) < 4.78 is 5.45. The lowest BCUT2D eigenvalue weighted by atomic mass is 9.71. The van der Waals surface area contributed by atoms with Crippen LogP contribution in [0.4, 0.5) is 0 Å². The average Bonchev–Trinajstić information content (AvgIpc) is 3.12. The number of ether oxygens (including phenoxy) is 1. The number of benzene rings is 1. The maximum absolute atomic E-state index is 13.6. The van der Waals surface area contributed by atoms with Crippen LogP contribution in [0.3, 0.4) is 0 Å². The second-order valence-electron chi connectivity index (χ2n) is 9.14. The summed E-state index contributed by atoms with van der Waals surface area (Å²) in [6.45, 7) is 14.3. The number of amides is 1. The van der Waals surface area contributed by atoms with Crippen LogP contribution in [0.2, 0.25) is 0 Å². The molecule has 0 saturated carbocycles. The van der Waals surface area contributed by atoms with Gasteiger partial charge in [-0.2, -0.15) is 0 Å². The van der Waals surface area contributed by atoms with Crippen LogP contribution in [-0.4, -0.2) is 35.0 Å². The van der Waals surface area contributed by atoms with Crippen LogP contribution in [0.15, 0.2) is 24.3 Å². The number of aromatic nitrogens is 1. The highest BCUT2D eigenvalue weighted by Gasteiger charge is 2.54. The highest BCUT2D eigenvalue weighted by Crippen LogP contribution is 2.50. The molecule has 2 heterocycles. The largest absolute Gasteiger partial charge is 0.496 e. The molecule has 0 aliphatic carbocycles. The first-order valence-electron chi connectivity index (χ1n) is 9.60. The van der Waals surface area contributed by atoms with Gasteiger partial charge in [0.1, 0.15) is 11.4 Å². The number of nitrogens with zero attached hydrogens (tertiary/aromatic N) is 1. The van der Waals surface area contributed by atoms with Crippen molar-refractivity contribution in [3.05, 3.63) is 30.0 Å². The van der Waals surface area contributed by atoms with E-state index in [9.17, 15) is 4.79 Å². The van der Waals surface area contributed by atoms with Crippen LogP contribution in [0.1, 0.15) is 58.5 Å². The van der Waals surface area contributed by atoms with Gasteiger partial charge in [0.25, 0.3) is 5.91 Å². The van der Waals surface area contributed by atoms with Crippen molar-refractivity contribution in [3.63, 3.8) is 0 Å². The number of methoxy groups -OCH3 is 1. The third kappa shape index (κ3) is 2.80. The Kier molecular flexibility index (Phi) is 4.58. The monoisotopic (exact) mass is 356 g/mol. The molecule has 1 fully saturated rings. The molecule has 0 radical (unpaired) electrons. The first-order valence-corrected chi connectivity index (χ1v) is 9.60. The van der Waals surface area contributed by atoms with E-state index in [2.05, 4.69) is 51.4 Å². The van der Waals surface area contributed by atoms with E-state index in [0.717, 1.165) is 29.6 Å². The molecule has 0 spiro atoms. The lowest BCUT2D eigenvalue weighted by Crippen LogP contribution is -2.54. The Morgan fingerprint density at radius 1 is 1.19 bits per heavy atom. The van der Waals surface area contributed by atoms with Gasteiger partial charge in [-0.3, -0.25) is 4.79 Å². The number of rotatable bonds is 4. The number of hydrogen-bond donors (Lipinski definition) is 1. The number of nitrogens with one attached hydrogen (secondary N) is 1. The SMILES string of the molecule is COc1cccc2[nH]c(C(=O)N3CC(C)(C)CC3(C(C)C)C(C)C)cc12. The van der Waals surface area contributed by atoms with Crippen molar-refractivity contribution in [2.24, 2.45) is 17.3 Å². The molecule has 1 aliphatic heterocycles. The Balaban J connectivity index is 2.07. The van der Waals surface area contributed by atoms with Gasteiger partial charge in [-0.05, 0) is 41.9 Å². The molecular formula is C22H32N2O2. The molecule has 1 saturated heterocycles. The molecule has 0 unspecified atom stereocenters. The number of carbonyl (C=O) groups excluding carboxylic acids is 1. The average molecular weight is 357 g/mol. The summed E-state index contributed by atoms with van der Waals surface area (Å²) in [6, 6.07) is 7.79. The number of hydrogen-bond acceptors (Lipinski definition) is 2. The summed E-state index contributed by atoms with van der Waals surface area (Å²) in [4.78, 5) is 19.0. The van der Waals surface area contributed by atoms with Gasteiger partial charge in [0.2, 0.25) is 0 Å². The van der Waals surface area contributed by atoms with E-state index < -0.39 is 0 Å². The number of likely N-dealkylation sites (tertiary alicyclic amines) is 1.